The van der Waals surface area contributed by atoms with Gasteiger partial charge in [-0.15, -0.1) is 0 Å². The predicted octanol–water partition coefficient (Wildman–Crippen LogP) is 3.50. The molecule has 0 aromatic heterocycles. The summed E-state index contributed by atoms with van der Waals surface area (Å²) in [6.07, 6.45) is 8.05. The fourth-order valence-electron chi connectivity index (χ4n) is 2.24. The van der Waals surface area contributed by atoms with E-state index in [0.717, 1.165) is 19.3 Å². The molecule has 14 heavy (non-hydrogen) atoms. The molecule has 2 heteroatoms. The minimum absolute atomic E-state index is 0.0254. The molecule has 0 radical (unpaired) electrons. The summed E-state index contributed by atoms with van der Waals surface area (Å²) in [5, 5.41) is 0. The lowest BCUT2D eigenvalue weighted by molar-refractivity contribution is 0.0710. The van der Waals surface area contributed by atoms with E-state index >= 15 is 0 Å². The third-order valence-electron chi connectivity index (χ3n) is 2.95. The number of ether oxygens (including phenoxy) is 1. The zero-order chi connectivity index (χ0) is 10.4. The first kappa shape index (κ1) is 11.7. The average Bonchev–Trinajstić information content (AvgIpc) is 2.15. The van der Waals surface area contributed by atoms with Gasteiger partial charge in [0.1, 0.15) is 6.17 Å². The van der Waals surface area contributed by atoms with Gasteiger partial charge in [0.15, 0.2) is 0 Å². The fourth-order valence-corrected chi connectivity index (χ4v) is 2.24. The molecule has 0 aromatic rings. The third kappa shape index (κ3) is 3.09. The van der Waals surface area contributed by atoms with Gasteiger partial charge in [0, 0.05) is 12.5 Å². The Bertz CT molecular complexity index is 191. The van der Waals surface area contributed by atoms with Gasteiger partial charge < -0.3 is 4.74 Å². The SMILES string of the molecule is CCCCC1(COC)C=CCC(F)C1. The normalized spacial score (nSPS) is 32.1. The third-order valence-corrected chi connectivity index (χ3v) is 2.95. The van der Waals surface area contributed by atoms with Crippen molar-refractivity contribution in [3.05, 3.63) is 12.2 Å². The first-order valence-electron chi connectivity index (χ1n) is 5.53. The number of alkyl halides is 1. The Kier molecular flexibility index (Phi) is 4.59. The molecule has 0 spiro atoms. The van der Waals surface area contributed by atoms with Crippen LogP contribution in [0.1, 0.15) is 39.0 Å². The molecule has 2 unspecified atom stereocenters. The molecule has 82 valence electrons. The summed E-state index contributed by atoms with van der Waals surface area (Å²) in [4.78, 5) is 0. The molecule has 0 N–H and O–H groups in total. The monoisotopic (exact) mass is 200 g/mol. The molecule has 1 rings (SSSR count). The molecule has 1 aliphatic rings. The average molecular weight is 200 g/mol. The highest BCUT2D eigenvalue weighted by atomic mass is 19.1. The summed E-state index contributed by atoms with van der Waals surface area (Å²) in [6, 6.07) is 0. The molecule has 0 fully saturated rings. The molecule has 0 aliphatic heterocycles. The number of halogens is 1. The largest absolute Gasteiger partial charge is 0.384 e. The van der Waals surface area contributed by atoms with Gasteiger partial charge in [0.2, 0.25) is 0 Å². The second kappa shape index (κ2) is 5.50. The van der Waals surface area contributed by atoms with E-state index in [9.17, 15) is 4.39 Å². The molecule has 0 amide bonds. The van der Waals surface area contributed by atoms with Crippen LogP contribution in [-0.2, 0) is 4.74 Å². The van der Waals surface area contributed by atoms with Crippen LogP contribution < -0.4 is 0 Å². The summed E-state index contributed by atoms with van der Waals surface area (Å²) < 4.78 is 18.5. The van der Waals surface area contributed by atoms with E-state index in [1.165, 1.54) is 0 Å². The molecule has 0 heterocycles. The van der Waals surface area contributed by atoms with Gasteiger partial charge >= 0.3 is 0 Å². The van der Waals surface area contributed by atoms with Gasteiger partial charge in [0.05, 0.1) is 6.61 Å². The maximum Gasteiger partial charge on any atom is 0.104 e. The summed E-state index contributed by atoms with van der Waals surface area (Å²) in [7, 11) is 1.70. The second-order valence-electron chi connectivity index (χ2n) is 4.34. The van der Waals surface area contributed by atoms with E-state index in [4.69, 9.17) is 4.74 Å². The van der Waals surface area contributed by atoms with Crippen molar-refractivity contribution in [2.45, 2.75) is 45.2 Å². The molecule has 0 saturated heterocycles. The van der Waals surface area contributed by atoms with Crippen molar-refractivity contribution in [3.8, 4) is 0 Å². The number of hydrogen-bond acceptors (Lipinski definition) is 1. The first-order chi connectivity index (χ1) is 6.72. The van der Waals surface area contributed by atoms with Crippen LogP contribution >= 0.6 is 0 Å². The van der Waals surface area contributed by atoms with Crippen LogP contribution in [-0.4, -0.2) is 19.9 Å². The van der Waals surface area contributed by atoms with Crippen LogP contribution in [0.5, 0.6) is 0 Å². The second-order valence-corrected chi connectivity index (χ2v) is 4.34. The highest BCUT2D eigenvalue weighted by Gasteiger charge is 2.32. The summed E-state index contributed by atoms with van der Waals surface area (Å²) in [6.45, 7) is 2.82. The van der Waals surface area contributed by atoms with E-state index in [2.05, 4.69) is 13.0 Å². The Labute approximate surface area is 86.3 Å². The van der Waals surface area contributed by atoms with Crippen LogP contribution in [0.2, 0.25) is 0 Å². The van der Waals surface area contributed by atoms with E-state index in [0.29, 0.717) is 19.4 Å². The number of unbranched alkanes of at least 4 members (excludes halogenated alkanes) is 1. The van der Waals surface area contributed by atoms with E-state index < -0.39 is 6.17 Å². The minimum Gasteiger partial charge on any atom is -0.384 e. The molecular weight excluding hydrogens is 179 g/mol. The topological polar surface area (TPSA) is 9.23 Å². The zero-order valence-electron chi connectivity index (χ0n) is 9.26. The molecule has 0 saturated carbocycles. The highest BCUT2D eigenvalue weighted by Crippen LogP contribution is 2.37. The maximum atomic E-state index is 13.3. The van der Waals surface area contributed by atoms with Crippen molar-refractivity contribution in [1.29, 1.82) is 0 Å². The van der Waals surface area contributed by atoms with Gasteiger partial charge in [-0.2, -0.15) is 0 Å². The molecule has 1 nitrogen and oxygen atoms in total. The van der Waals surface area contributed by atoms with Gasteiger partial charge in [-0.05, 0) is 19.3 Å². The fraction of sp³-hybridized carbons (Fsp3) is 0.833. The van der Waals surface area contributed by atoms with Gasteiger partial charge in [-0.3, -0.25) is 0 Å². The van der Waals surface area contributed by atoms with Crippen LogP contribution in [0, 0.1) is 5.41 Å². The first-order valence-corrected chi connectivity index (χ1v) is 5.53. The van der Waals surface area contributed by atoms with Crippen LogP contribution in [0.25, 0.3) is 0 Å². The van der Waals surface area contributed by atoms with Crippen molar-refractivity contribution < 1.29 is 9.13 Å². The highest BCUT2D eigenvalue weighted by molar-refractivity contribution is 5.06. The molecule has 1 aliphatic carbocycles. The lowest BCUT2D eigenvalue weighted by Crippen LogP contribution is -2.30. The van der Waals surface area contributed by atoms with Crippen LogP contribution in [0.4, 0.5) is 4.39 Å². The molecular formula is C12H21FO. The summed E-state index contributed by atoms with van der Waals surface area (Å²) >= 11 is 0. The Balaban J connectivity index is 2.60. The quantitative estimate of drug-likeness (QED) is 0.617. The van der Waals surface area contributed by atoms with Crippen molar-refractivity contribution >= 4 is 0 Å². The Morgan fingerprint density at radius 2 is 2.36 bits per heavy atom. The Morgan fingerprint density at radius 3 is 2.93 bits per heavy atom. The molecule has 2 atom stereocenters. The Morgan fingerprint density at radius 1 is 1.57 bits per heavy atom. The lowest BCUT2D eigenvalue weighted by Gasteiger charge is -2.34. The van der Waals surface area contributed by atoms with E-state index in [-0.39, 0.29) is 5.41 Å². The predicted molar refractivity (Wildman–Crippen MR) is 57.1 cm³/mol. The van der Waals surface area contributed by atoms with Crippen LogP contribution in [0.15, 0.2) is 12.2 Å². The van der Waals surface area contributed by atoms with E-state index in [1.54, 1.807) is 7.11 Å². The number of methoxy groups -OCH3 is 1. The maximum absolute atomic E-state index is 13.3. The smallest absolute Gasteiger partial charge is 0.104 e. The Hall–Kier alpha value is -0.370. The van der Waals surface area contributed by atoms with Crippen LogP contribution in [0.3, 0.4) is 0 Å². The lowest BCUT2D eigenvalue weighted by atomic mass is 9.75. The van der Waals surface area contributed by atoms with E-state index in [1.807, 2.05) is 6.08 Å². The van der Waals surface area contributed by atoms with Crippen molar-refractivity contribution in [2.75, 3.05) is 13.7 Å². The molecule has 0 bridgehead atoms. The number of rotatable bonds is 5. The molecule has 0 aromatic carbocycles. The zero-order valence-corrected chi connectivity index (χ0v) is 9.26. The van der Waals surface area contributed by atoms with Gasteiger partial charge in [0.25, 0.3) is 0 Å². The van der Waals surface area contributed by atoms with Crippen molar-refractivity contribution in [1.82, 2.24) is 0 Å². The summed E-state index contributed by atoms with van der Waals surface area (Å²) in [5.41, 5.74) is -0.0254. The van der Waals surface area contributed by atoms with Gasteiger partial charge in [-0.25, -0.2) is 4.39 Å². The number of allylic oxidation sites excluding steroid dienone is 1. The van der Waals surface area contributed by atoms with Gasteiger partial charge in [-0.1, -0.05) is 31.9 Å². The van der Waals surface area contributed by atoms with Crippen molar-refractivity contribution in [3.63, 3.8) is 0 Å². The minimum atomic E-state index is -0.674. The standard InChI is InChI=1S/C12H21FO/c1-3-4-7-12(10-14-2)8-5-6-11(13)9-12/h5,8,11H,3-4,6-7,9-10H2,1-2H3. The van der Waals surface area contributed by atoms with Crippen molar-refractivity contribution in [2.24, 2.45) is 5.41 Å². The number of hydrogen-bond donors (Lipinski definition) is 0. The summed E-state index contributed by atoms with van der Waals surface area (Å²) in [5.74, 6) is 0.